The van der Waals surface area contributed by atoms with Gasteiger partial charge in [-0.05, 0) is 0 Å². The molecular formula is C4H8NO5P. The van der Waals surface area contributed by atoms with Crippen molar-refractivity contribution in [3.05, 3.63) is 0 Å². The predicted molar refractivity (Wildman–Crippen MR) is 35.0 cm³/mol. The molecule has 0 aromatic carbocycles. The van der Waals surface area contributed by atoms with Crippen LogP contribution in [-0.4, -0.2) is 40.2 Å². The van der Waals surface area contributed by atoms with Crippen LogP contribution in [0.3, 0.4) is 0 Å². The Morgan fingerprint density at radius 2 is 2.27 bits per heavy atom. The highest BCUT2D eigenvalue weighted by Crippen LogP contribution is 2.35. The van der Waals surface area contributed by atoms with E-state index in [1.165, 1.54) is 0 Å². The summed E-state index contributed by atoms with van der Waals surface area (Å²) in [4.78, 5) is 28.5. The molecule has 0 unspecified atom stereocenters. The van der Waals surface area contributed by atoms with Gasteiger partial charge in [0.25, 0.3) is 0 Å². The molecule has 1 rings (SSSR count). The van der Waals surface area contributed by atoms with Crippen LogP contribution in [0.15, 0.2) is 0 Å². The third-order valence-corrected chi connectivity index (χ3v) is 1.91. The second-order valence-electron chi connectivity index (χ2n) is 2.18. The molecule has 6 nitrogen and oxygen atoms in total. The van der Waals surface area contributed by atoms with E-state index in [1.54, 1.807) is 0 Å². The second kappa shape index (κ2) is 2.81. The fraction of sp³-hybridized carbons (Fsp3) is 0.750. The maximum absolute atomic E-state index is 10.6. The quantitative estimate of drug-likeness (QED) is 0.564. The molecule has 1 fully saturated rings. The topological polar surface area (TPSA) is 87.1 Å². The molecule has 0 aromatic rings. The van der Waals surface area contributed by atoms with Crippen LogP contribution < -0.4 is 0 Å². The van der Waals surface area contributed by atoms with Crippen molar-refractivity contribution < 1.29 is 23.9 Å². The van der Waals surface area contributed by atoms with Gasteiger partial charge in [0, 0.05) is 0 Å². The Labute approximate surface area is 62.9 Å². The van der Waals surface area contributed by atoms with E-state index < -0.39 is 20.0 Å². The van der Waals surface area contributed by atoms with Crippen molar-refractivity contribution in [2.75, 3.05) is 19.4 Å². The SMILES string of the molecule is O=C1OCCN1CP(=O)(O)O. The number of carbonyl (C=O) groups is 1. The van der Waals surface area contributed by atoms with E-state index in [1.807, 2.05) is 0 Å². The van der Waals surface area contributed by atoms with Gasteiger partial charge in [0.2, 0.25) is 0 Å². The van der Waals surface area contributed by atoms with Crippen LogP contribution in [0.25, 0.3) is 0 Å². The number of carbonyl (C=O) groups excluding carboxylic acids is 1. The minimum absolute atomic E-state index is 0.207. The van der Waals surface area contributed by atoms with Crippen molar-refractivity contribution in [2.45, 2.75) is 0 Å². The van der Waals surface area contributed by atoms with Crippen molar-refractivity contribution in [1.82, 2.24) is 4.90 Å². The summed E-state index contributed by atoms with van der Waals surface area (Å²) in [5, 5.41) is 0. The third kappa shape index (κ3) is 2.49. The van der Waals surface area contributed by atoms with Crippen LogP contribution in [0.4, 0.5) is 4.79 Å². The van der Waals surface area contributed by atoms with Crippen molar-refractivity contribution >= 4 is 13.7 Å². The fourth-order valence-electron chi connectivity index (χ4n) is 0.777. The van der Waals surface area contributed by atoms with E-state index >= 15 is 0 Å². The summed E-state index contributed by atoms with van der Waals surface area (Å²) in [6, 6.07) is 0. The Hall–Kier alpha value is -0.580. The molecule has 0 aliphatic carbocycles. The lowest BCUT2D eigenvalue weighted by Gasteiger charge is -2.12. The molecule has 1 heterocycles. The molecule has 0 spiro atoms. The molecule has 7 heteroatoms. The molecule has 1 saturated heterocycles. The summed E-state index contributed by atoms with van der Waals surface area (Å²) in [6.45, 7) is 0.461. The molecule has 0 bridgehead atoms. The lowest BCUT2D eigenvalue weighted by molar-refractivity contribution is 0.160. The summed E-state index contributed by atoms with van der Waals surface area (Å²) in [5.41, 5.74) is 0. The van der Waals surface area contributed by atoms with Crippen LogP contribution in [0.2, 0.25) is 0 Å². The number of hydrogen-bond acceptors (Lipinski definition) is 3. The number of cyclic esters (lactones) is 1. The van der Waals surface area contributed by atoms with E-state index in [4.69, 9.17) is 9.79 Å². The third-order valence-electron chi connectivity index (χ3n) is 1.20. The highest BCUT2D eigenvalue weighted by Gasteiger charge is 2.28. The summed E-state index contributed by atoms with van der Waals surface area (Å²) < 4.78 is 14.8. The molecule has 1 aliphatic rings. The van der Waals surface area contributed by atoms with Crippen LogP contribution >= 0.6 is 7.60 Å². The molecule has 0 saturated carbocycles. The first-order valence-electron chi connectivity index (χ1n) is 2.95. The second-order valence-corrected chi connectivity index (χ2v) is 3.80. The monoisotopic (exact) mass is 181 g/mol. The summed E-state index contributed by atoms with van der Waals surface area (Å²) in [7, 11) is -4.13. The average Bonchev–Trinajstić information content (AvgIpc) is 2.12. The van der Waals surface area contributed by atoms with Crippen LogP contribution in [0.5, 0.6) is 0 Å². The lowest BCUT2D eigenvalue weighted by atomic mass is 10.7. The molecule has 0 aromatic heterocycles. The van der Waals surface area contributed by atoms with Gasteiger partial charge in [-0.3, -0.25) is 9.46 Å². The van der Waals surface area contributed by atoms with E-state index in [-0.39, 0.29) is 13.2 Å². The fourth-order valence-corrected chi connectivity index (χ4v) is 1.48. The van der Waals surface area contributed by atoms with Crippen molar-refractivity contribution in [3.63, 3.8) is 0 Å². The highest BCUT2D eigenvalue weighted by atomic mass is 31.2. The Kier molecular flexibility index (Phi) is 2.17. The standard InChI is InChI=1S/C4H8NO5P/c6-4-5(1-2-10-4)3-11(7,8)9/h1-3H2,(H2,7,8,9). The molecule has 1 amide bonds. The summed E-state index contributed by atoms with van der Waals surface area (Å²) in [6.07, 6.45) is -1.21. The first-order chi connectivity index (χ1) is 4.99. The minimum Gasteiger partial charge on any atom is -0.448 e. The highest BCUT2D eigenvalue weighted by molar-refractivity contribution is 7.51. The smallest absolute Gasteiger partial charge is 0.410 e. The predicted octanol–water partition coefficient (Wildman–Crippen LogP) is -0.426. The van der Waals surface area contributed by atoms with Gasteiger partial charge in [-0.2, -0.15) is 0 Å². The van der Waals surface area contributed by atoms with Crippen molar-refractivity contribution in [2.24, 2.45) is 0 Å². The lowest BCUT2D eigenvalue weighted by Crippen LogP contribution is -2.25. The van der Waals surface area contributed by atoms with E-state index in [0.717, 1.165) is 4.90 Å². The molecule has 2 N–H and O–H groups in total. The van der Waals surface area contributed by atoms with Crippen molar-refractivity contribution in [1.29, 1.82) is 0 Å². The average molecular weight is 181 g/mol. The van der Waals surface area contributed by atoms with Gasteiger partial charge in [-0.15, -0.1) is 0 Å². The van der Waals surface area contributed by atoms with E-state index in [0.29, 0.717) is 0 Å². The van der Waals surface area contributed by atoms with Crippen LogP contribution in [0, 0.1) is 0 Å². The largest absolute Gasteiger partial charge is 0.448 e. The minimum atomic E-state index is -4.13. The van der Waals surface area contributed by atoms with E-state index in [9.17, 15) is 9.36 Å². The number of rotatable bonds is 2. The number of amides is 1. The van der Waals surface area contributed by atoms with E-state index in [2.05, 4.69) is 4.74 Å². The first-order valence-corrected chi connectivity index (χ1v) is 4.75. The Morgan fingerprint density at radius 3 is 2.64 bits per heavy atom. The maximum atomic E-state index is 10.6. The molecule has 11 heavy (non-hydrogen) atoms. The Bertz CT molecular complexity index is 211. The van der Waals surface area contributed by atoms with Gasteiger partial charge in [0.15, 0.2) is 0 Å². The Morgan fingerprint density at radius 1 is 1.64 bits per heavy atom. The normalized spacial score (nSPS) is 18.7. The zero-order valence-electron chi connectivity index (χ0n) is 5.63. The molecule has 0 atom stereocenters. The first kappa shape index (κ1) is 8.52. The van der Waals surface area contributed by atoms with Gasteiger partial charge < -0.3 is 14.5 Å². The molecule has 1 aliphatic heterocycles. The maximum Gasteiger partial charge on any atom is 0.410 e. The zero-order chi connectivity index (χ0) is 8.48. The summed E-state index contributed by atoms with van der Waals surface area (Å²) in [5.74, 6) is 0. The molecular weight excluding hydrogens is 173 g/mol. The van der Waals surface area contributed by atoms with Gasteiger partial charge in [-0.25, -0.2) is 4.79 Å². The zero-order valence-corrected chi connectivity index (χ0v) is 6.53. The Balaban J connectivity index is 2.50. The van der Waals surface area contributed by atoms with Crippen molar-refractivity contribution in [3.8, 4) is 0 Å². The van der Waals surface area contributed by atoms with Crippen LogP contribution in [-0.2, 0) is 9.30 Å². The number of hydrogen-bond donors (Lipinski definition) is 2. The summed E-state index contributed by atoms with van der Waals surface area (Å²) >= 11 is 0. The number of nitrogens with zero attached hydrogens (tertiary/aromatic N) is 1. The van der Waals surface area contributed by atoms with Gasteiger partial charge >= 0.3 is 13.7 Å². The van der Waals surface area contributed by atoms with Gasteiger partial charge in [0.05, 0.1) is 6.54 Å². The van der Waals surface area contributed by atoms with Crippen LogP contribution in [0.1, 0.15) is 0 Å². The van der Waals surface area contributed by atoms with Gasteiger partial charge in [-0.1, -0.05) is 0 Å². The van der Waals surface area contributed by atoms with Gasteiger partial charge in [0.1, 0.15) is 12.9 Å². The molecule has 0 radical (unpaired) electrons. The number of ether oxygens (including phenoxy) is 1. The molecule has 64 valence electrons.